The Kier molecular flexibility index (Phi) is 11.8. The van der Waals surface area contributed by atoms with Crippen molar-refractivity contribution in [3.05, 3.63) is 95.0 Å². The highest BCUT2D eigenvalue weighted by Crippen LogP contribution is 2.42. The Labute approximate surface area is 400 Å². The summed E-state index contributed by atoms with van der Waals surface area (Å²) >= 11 is 0. The molecule has 0 aliphatic carbocycles. The zero-order chi connectivity index (χ0) is 48.7. The lowest BCUT2D eigenvalue weighted by Gasteiger charge is -2.27. The molecule has 0 radical (unpaired) electrons. The molecule has 4 saturated heterocycles. The van der Waals surface area contributed by atoms with E-state index in [1.807, 2.05) is 83.1 Å². The van der Waals surface area contributed by atoms with Crippen LogP contribution in [0.25, 0.3) is 44.3 Å². The molecule has 0 bridgehead atoms. The number of rotatable bonds is 9. The summed E-state index contributed by atoms with van der Waals surface area (Å²) in [4.78, 5) is 41.2. The maximum Gasteiger partial charge on any atom is 0.227 e. The molecular weight excluding hydrogens is 923 g/mol. The second-order valence-corrected chi connectivity index (χ2v) is 22.7. The van der Waals surface area contributed by atoms with Gasteiger partial charge in [0.2, 0.25) is 31.9 Å². The Hall–Kier alpha value is -6.29. The lowest BCUT2D eigenvalue weighted by molar-refractivity contribution is -0.119. The van der Waals surface area contributed by atoms with Crippen LogP contribution in [0.3, 0.4) is 0 Å². The van der Waals surface area contributed by atoms with Gasteiger partial charge in [0, 0.05) is 55.8 Å². The van der Waals surface area contributed by atoms with Gasteiger partial charge in [-0.05, 0) is 108 Å². The van der Waals surface area contributed by atoms with Crippen molar-refractivity contribution in [3.63, 3.8) is 0 Å². The highest BCUT2D eigenvalue weighted by Gasteiger charge is 2.40. The topological polar surface area (TPSA) is 225 Å². The van der Waals surface area contributed by atoms with Gasteiger partial charge in [-0.3, -0.25) is 14.6 Å². The summed E-state index contributed by atoms with van der Waals surface area (Å²) in [6, 6.07) is 15.4. The van der Waals surface area contributed by atoms with Crippen LogP contribution in [-0.2, 0) is 29.6 Å². The Bertz CT molecular complexity index is 3350. The molecule has 9 heterocycles. The molecule has 4 aliphatic rings. The van der Waals surface area contributed by atoms with Crippen molar-refractivity contribution < 1.29 is 35.5 Å². The third-order valence-corrected chi connectivity index (χ3v) is 16.5. The van der Waals surface area contributed by atoms with Gasteiger partial charge in [0.1, 0.15) is 23.2 Å². The molecule has 0 saturated carbocycles. The molecule has 1 N–H and O–H groups in total. The van der Waals surface area contributed by atoms with E-state index in [1.54, 1.807) is 11.1 Å². The van der Waals surface area contributed by atoms with E-state index in [4.69, 9.17) is 19.0 Å². The van der Waals surface area contributed by atoms with E-state index >= 15 is 0 Å². The lowest BCUT2D eigenvalue weighted by atomic mass is 10.0. The SMILES string of the molecule is Cc1ccc(N2C(=O)CC[C@H]2c2nc3cc(-c4c(C)noc4C)ccc3n2[C@@H]2CCN(S(C)(=O)=O)C2)cn1.Cc1noc(C)c1-c1ccc2c(c1)nc([C@@H]1CCC(=O)N1)n2[C@@H]1CCN(S(C)(=O)=O)C1. The van der Waals surface area contributed by atoms with Crippen LogP contribution in [0.5, 0.6) is 0 Å². The van der Waals surface area contributed by atoms with Crippen molar-refractivity contribution in [1.29, 1.82) is 0 Å². The van der Waals surface area contributed by atoms with Crippen molar-refractivity contribution in [2.24, 2.45) is 0 Å². The number of amides is 2. The molecule has 362 valence electrons. The van der Waals surface area contributed by atoms with Crippen LogP contribution in [0.1, 0.15) is 103 Å². The summed E-state index contributed by atoms with van der Waals surface area (Å²) in [6.45, 7) is 11.2. The van der Waals surface area contributed by atoms with Gasteiger partial charge < -0.3 is 28.4 Å². The van der Waals surface area contributed by atoms with Crippen LogP contribution in [0.2, 0.25) is 0 Å². The summed E-state index contributed by atoms with van der Waals surface area (Å²) in [6.07, 6.45) is 7.79. The minimum absolute atomic E-state index is 0.0178. The normalized spacial score (nSPS) is 21.5. The quantitative estimate of drug-likeness (QED) is 0.162. The molecule has 21 heteroatoms. The van der Waals surface area contributed by atoms with Gasteiger partial charge in [-0.1, -0.05) is 22.4 Å². The van der Waals surface area contributed by atoms with Crippen molar-refractivity contribution in [1.82, 2.24) is 48.3 Å². The van der Waals surface area contributed by atoms with E-state index in [0.29, 0.717) is 64.7 Å². The number of nitrogens with one attached hydrogen (secondary N) is 1. The number of hydrogen-bond donors (Lipinski definition) is 1. The largest absolute Gasteiger partial charge is 0.361 e. The first-order valence-electron chi connectivity index (χ1n) is 23.2. The van der Waals surface area contributed by atoms with Crippen LogP contribution in [0.15, 0.2) is 63.8 Å². The maximum absolute atomic E-state index is 13.1. The molecular formula is C48H55N11O8S2. The molecule has 4 aliphatic heterocycles. The van der Waals surface area contributed by atoms with Gasteiger partial charge in [0.05, 0.1) is 82.0 Å². The first kappa shape index (κ1) is 46.4. The van der Waals surface area contributed by atoms with Crippen LogP contribution in [-0.4, -0.2) is 110 Å². The number of fused-ring (bicyclic) bond motifs is 2. The summed E-state index contributed by atoms with van der Waals surface area (Å²) in [5, 5.41) is 11.2. The number of anilines is 1. The van der Waals surface area contributed by atoms with Gasteiger partial charge >= 0.3 is 0 Å². The number of sulfonamides is 2. The van der Waals surface area contributed by atoms with Crippen molar-refractivity contribution >= 4 is 59.6 Å². The average Bonchev–Trinajstić information content (AvgIpc) is 4.16. The summed E-state index contributed by atoms with van der Waals surface area (Å²) in [5.41, 5.74) is 10.5. The number of pyridine rings is 1. The standard InChI is InChI=1S/C27H30N6O4S.C21H25N5O4S/c1-16-5-7-20(14-28-16)32-24(9-10-25(32)34)27-29-22-13-19(26-17(2)30-37-18(26)3)6-8-23(22)33(27)21-11-12-31(15-21)38(4,35)36;1-12-20(13(2)30-24-12)14-4-6-18-17(10-14)23-21(16-5-7-19(27)22-16)26(18)15-8-9-25(11-15)31(3,28)29/h5-8,13-14,21,24H,9-12,15H2,1-4H3;4,6,10,15-16H,5,7-9,11H2,1-3H3,(H,22,27)/t21-,24+;15-,16+/m11/s1. The smallest absolute Gasteiger partial charge is 0.227 e. The summed E-state index contributed by atoms with van der Waals surface area (Å²) in [5.74, 6) is 3.09. The Morgan fingerprint density at radius 2 is 1.19 bits per heavy atom. The molecule has 2 aromatic carbocycles. The molecule has 4 atom stereocenters. The zero-order valence-corrected chi connectivity index (χ0v) is 41.3. The molecule has 0 unspecified atom stereocenters. The molecule has 0 spiro atoms. The van der Waals surface area contributed by atoms with E-state index in [0.717, 1.165) is 90.3 Å². The predicted molar refractivity (Wildman–Crippen MR) is 258 cm³/mol. The van der Waals surface area contributed by atoms with E-state index in [9.17, 15) is 26.4 Å². The van der Waals surface area contributed by atoms with Gasteiger partial charge in [-0.2, -0.15) is 0 Å². The monoisotopic (exact) mass is 977 g/mol. The number of benzene rings is 2. The van der Waals surface area contributed by atoms with E-state index in [2.05, 4.69) is 29.7 Å². The Balaban J connectivity index is 0.000000164. The molecule has 11 rings (SSSR count). The number of aryl methyl sites for hydroxylation is 5. The number of carbonyl (C=O) groups is 2. The van der Waals surface area contributed by atoms with Gasteiger partial charge in [0.15, 0.2) is 0 Å². The van der Waals surface area contributed by atoms with E-state index in [-0.39, 0.29) is 36.0 Å². The van der Waals surface area contributed by atoms with Crippen LogP contribution in [0.4, 0.5) is 5.69 Å². The molecule has 19 nitrogen and oxygen atoms in total. The highest BCUT2D eigenvalue weighted by atomic mass is 32.2. The molecule has 7 aromatic rings. The second kappa shape index (κ2) is 17.6. The van der Waals surface area contributed by atoms with Crippen LogP contribution >= 0.6 is 0 Å². The van der Waals surface area contributed by atoms with Crippen molar-refractivity contribution in [2.75, 3.05) is 43.6 Å². The number of nitrogens with zero attached hydrogens (tertiary/aromatic N) is 10. The Morgan fingerprint density at radius 1 is 0.652 bits per heavy atom. The first-order chi connectivity index (χ1) is 32.8. The second-order valence-electron chi connectivity index (χ2n) is 18.7. The van der Waals surface area contributed by atoms with Gasteiger partial charge in [-0.15, -0.1) is 0 Å². The number of carbonyl (C=O) groups excluding carboxylic acids is 2. The third-order valence-electron chi connectivity index (χ3n) is 14.0. The molecule has 5 aromatic heterocycles. The lowest BCUT2D eigenvalue weighted by Crippen LogP contribution is -2.31. The summed E-state index contributed by atoms with van der Waals surface area (Å²) < 4.78 is 66.8. The van der Waals surface area contributed by atoms with Crippen LogP contribution < -0.4 is 10.2 Å². The fraction of sp³-hybridized carbons (Fsp3) is 0.438. The fourth-order valence-corrected chi connectivity index (χ4v) is 12.5. The number of imidazole rings is 2. The average molecular weight is 978 g/mol. The predicted octanol–water partition coefficient (Wildman–Crippen LogP) is 6.55. The van der Waals surface area contributed by atoms with Crippen molar-refractivity contribution in [3.8, 4) is 22.3 Å². The van der Waals surface area contributed by atoms with Gasteiger partial charge in [0.25, 0.3) is 0 Å². The Morgan fingerprint density at radius 3 is 1.64 bits per heavy atom. The minimum atomic E-state index is -3.31. The number of aromatic nitrogens is 7. The van der Waals surface area contributed by atoms with Gasteiger partial charge in [-0.25, -0.2) is 35.4 Å². The number of hydrogen-bond acceptors (Lipinski definition) is 13. The van der Waals surface area contributed by atoms with Crippen molar-refractivity contribution in [2.45, 2.75) is 97.3 Å². The van der Waals surface area contributed by atoms with E-state index in [1.165, 1.54) is 21.1 Å². The van der Waals surface area contributed by atoms with Crippen LogP contribution in [0, 0.1) is 34.6 Å². The van der Waals surface area contributed by atoms with E-state index < -0.39 is 20.0 Å². The fourth-order valence-electron chi connectivity index (χ4n) is 10.7. The molecule has 4 fully saturated rings. The summed E-state index contributed by atoms with van der Waals surface area (Å²) in [7, 11) is -6.57. The zero-order valence-electron chi connectivity index (χ0n) is 39.6. The minimum Gasteiger partial charge on any atom is -0.361 e. The molecule has 69 heavy (non-hydrogen) atoms. The maximum atomic E-state index is 13.1. The third kappa shape index (κ3) is 8.63. The molecule has 2 amide bonds. The highest BCUT2D eigenvalue weighted by molar-refractivity contribution is 7.88. The first-order valence-corrected chi connectivity index (χ1v) is 26.9.